The highest BCUT2D eigenvalue weighted by Crippen LogP contribution is 2.22. The number of amides is 4. The van der Waals surface area contributed by atoms with E-state index >= 15 is 0 Å². The highest BCUT2D eigenvalue weighted by Gasteiger charge is 2.34. The van der Waals surface area contributed by atoms with E-state index in [9.17, 15) is 24.3 Å². The van der Waals surface area contributed by atoms with Crippen LogP contribution in [0.25, 0.3) is 0 Å². The number of phenolic OH excluding ortho intramolecular Hbond substituents is 1. The predicted molar refractivity (Wildman–Crippen MR) is 104 cm³/mol. The van der Waals surface area contributed by atoms with Crippen molar-refractivity contribution < 1.29 is 24.3 Å². The van der Waals surface area contributed by atoms with Crippen LogP contribution in [0.2, 0.25) is 0 Å². The summed E-state index contributed by atoms with van der Waals surface area (Å²) in [5.74, 6) is -1.24. The lowest BCUT2D eigenvalue weighted by molar-refractivity contribution is -0.121. The first-order valence-electron chi connectivity index (χ1n) is 9.26. The van der Waals surface area contributed by atoms with Crippen molar-refractivity contribution in [3.05, 3.63) is 65.2 Å². The van der Waals surface area contributed by atoms with Crippen LogP contribution < -0.4 is 10.6 Å². The summed E-state index contributed by atoms with van der Waals surface area (Å²) in [7, 11) is 0. The third kappa shape index (κ3) is 4.78. The minimum Gasteiger partial charge on any atom is -0.508 e. The first-order valence-corrected chi connectivity index (χ1v) is 9.26. The maximum absolute atomic E-state index is 12.2. The average molecular weight is 395 g/mol. The number of hydrogen-bond acceptors (Lipinski definition) is 5. The van der Waals surface area contributed by atoms with Crippen molar-refractivity contribution >= 4 is 23.6 Å². The molecule has 8 nitrogen and oxygen atoms in total. The molecule has 8 heteroatoms. The number of hydrogen-bond donors (Lipinski definition) is 3. The molecule has 2 aromatic carbocycles. The summed E-state index contributed by atoms with van der Waals surface area (Å²) in [4.78, 5) is 49.5. The lowest BCUT2D eigenvalue weighted by Gasteiger charge is -2.13. The third-order valence-corrected chi connectivity index (χ3v) is 4.50. The second-order valence-electron chi connectivity index (χ2n) is 6.57. The van der Waals surface area contributed by atoms with Gasteiger partial charge in [0.25, 0.3) is 17.7 Å². The van der Waals surface area contributed by atoms with E-state index in [4.69, 9.17) is 0 Å². The van der Waals surface area contributed by atoms with Gasteiger partial charge in [0.2, 0.25) is 5.91 Å². The summed E-state index contributed by atoms with van der Waals surface area (Å²) in [5.41, 5.74) is 1.12. The normalized spacial score (nSPS) is 12.6. The number of imide groups is 1. The van der Waals surface area contributed by atoms with Gasteiger partial charge < -0.3 is 15.7 Å². The molecule has 0 atom stereocenters. The summed E-state index contributed by atoms with van der Waals surface area (Å²) in [6, 6.07) is 12.6. The Morgan fingerprint density at radius 2 is 1.55 bits per heavy atom. The number of phenols is 1. The zero-order valence-electron chi connectivity index (χ0n) is 15.7. The molecule has 0 bridgehead atoms. The third-order valence-electron chi connectivity index (χ3n) is 4.50. The number of benzene rings is 2. The lowest BCUT2D eigenvalue weighted by atomic mass is 10.1. The molecule has 29 heavy (non-hydrogen) atoms. The highest BCUT2D eigenvalue weighted by atomic mass is 16.3. The van der Waals surface area contributed by atoms with Crippen LogP contribution in [0.4, 0.5) is 0 Å². The number of fused-ring (bicyclic) bond motifs is 1. The Kier molecular flexibility index (Phi) is 6.23. The fraction of sp³-hybridized carbons (Fsp3) is 0.238. The first kappa shape index (κ1) is 20.1. The fourth-order valence-corrected chi connectivity index (χ4v) is 3.06. The molecule has 3 rings (SSSR count). The average Bonchev–Trinajstić information content (AvgIpc) is 2.96. The quantitative estimate of drug-likeness (QED) is 0.460. The largest absolute Gasteiger partial charge is 0.508 e. The molecule has 3 N–H and O–H groups in total. The SMILES string of the molecule is O=C(CCCN1C(=O)c2ccccc2C1=O)NCCNC(=O)c1cccc(O)c1. The Hall–Kier alpha value is -3.68. The molecule has 0 aromatic heterocycles. The van der Waals surface area contributed by atoms with Crippen molar-refractivity contribution in [3.8, 4) is 5.75 Å². The first-order chi connectivity index (χ1) is 14.0. The van der Waals surface area contributed by atoms with Crippen molar-refractivity contribution in [3.63, 3.8) is 0 Å². The fourth-order valence-electron chi connectivity index (χ4n) is 3.06. The molecule has 0 saturated carbocycles. The minimum atomic E-state index is -0.347. The summed E-state index contributed by atoms with van der Waals surface area (Å²) >= 11 is 0. The van der Waals surface area contributed by atoms with Crippen LogP contribution in [0, 0.1) is 0 Å². The van der Waals surface area contributed by atoms with Gasteiger partial charge in [-0.3, -0.25) is 24.1 Å². The van der Waals surface area contributed by atoms with Crippen LogP contribution in [0.15, 0.2) is 48.5 Å². The van der Waals surface area contributed by atoms with Crippen LogP contribution in [0.1, 0.15) is 43.9 Å². The van der Waals surface area contributed by atoms with Crippen LogP contribution >= 0.6 is 0 Å². The van der Waals surface area contributed by atoms with E-state index in [0.717, 1.165) is 4.90 Å². The van der Waals surface area contributed by atoms with Crippen LogP contribution in [-0.2, 0) is 4.79 Å². The molecule has 0 spiro atoms. The molecule has 0 unspecified atom stereocenters. The molecular weight excluding hydrogens is 374 g/mol. The van der Waals surface area contributed by atoms with E-state index in [0.29, 0.717) is 23.1 Å². The van der Waals surface area contributed by atoms with Gasteiger partial charge in [-0.1, -0.05) is 18.2 Å². The number of nitrogens with one attached hydrogen (secondary N) is 2. The van der Waals surface area contributed by atoms with E-state index in [2.05, 4.69) is 10.6 Å². The molecule has 0 radical (unpaired) electrons. The molecule has 0 fully saturated rings. The summed E-state index contributed by atoms with van der Waals surface area (Å²) in [6.07, 6.45) is 0.515. The van der Waals surface area contributed by atoms with Gasteiger partial charge in [-0.05, 0) is 36.8 Å². The Labute approximate surface area is 167 Å². The zero-order valence-corrected chi connectivity index (χ0v) is 15.7. The van der Waals surface area contributed by atoms with Gasteiger partial charge in [0.05, 0.1) is 11.1 Å². The summed E-state index contributed by atoms with van der Waals surface area (Å²) < 4.78 is 0. The van der Waals surface area contributed by atoms with E-state index in [1.54, 1.807) is 36.4 Å². The molecule has 150 valence electrons. The van der Waals surface area contributed by atoms with Gasteiger partial charge in [0.1, 0.15) is 5.75 Å². The standard InChI is InChI=1S/C21H21N3O5/c25-15-6-3-5-14(13-15)19(27)23-11-10-22-18(26)9-4-12-24-20(28)16-7-1-2-8-17(16)21(24)29/h1-3,5-8,13,25H,4,9-12H2,(H,22,26)(H,23,27). The van der Waals surface area contributed by atoms with Crippen LogP contribution in [-0.4, -0.2) is 53.3 Å². The maximum atomic E-state index is 12.2. The van der Waals surface area contributed by atoms with Gasteiger partial charge in [-0.15, -0.1) is 0 Å². The van der Waals surface area contributed by atoms with E-state index in [1.165, 1.54) is 12.1 Å². The topological polar surface area (TPSA) is 116 Å². The Morgan fingerprint density at radius 1 is 0.897 bits per heavy atom. The van der Waals surface area contributed by atoms with Gasteiger partial charge in [0, 0.05) is 31.6 Å². The van der Waals surface area contributed by atoms with Gasteiger partial charge in [-0.25, -0.2) is 0 Å². The molecule has 1 aliphatic rings. The molecule has 0 saturated heterocycles. The van der Waals surface area contributed by atoms with E-state index in [-0.39, 0.29) is 55.4 Å². The van der Waals surface area contributed by atoms with Gasteiger partial charge >= 0.3 is 0 Å². The molecule has 0 aliphatic carbocycles. The number of nitrogens with zero attached hydrogens (tertiary/aromatic N) is 1. The van der Waals surface area contributed by atoms with Gasteiger partial charge in [-0.2, -0.15) is 0 Å². The summed E-state index contributed by atoms with van der Waals surface area (Å²) in [5, 5.41) is 14.7. The molecule has 1 heterocycles. The zero-order chi connectivity index (χ0) is 20.8. The number of carbonyl (C=O) groups is 4. The Morgan fingerprint density at radius 3 is 2.21 bits per heavy atom. The number of carbonyl (C=O) groups excluding carboxylic acids is 4. The second-order valence-corrected chi connectivity index (χ2v) is 6.57. The van der Waals surface area contributed by atoms with Crippen molar-refractivity contribution in [2.45, 2.75) is 12.8 Å². The van der Waals surface area contributed by atoms with Crippen LogP contribution in [0.5, 0.6) is 5.75 Å². The monoisotopic (exact) mass is 395 g/mol. The van der Waals surface area contributed by atoms with Gasteiger partial charge in [0.15, 0.2) is 0 Å². The van der Waals surface area contributed by atoms with Crippen LogP contribution in [0.3, 0.4) is 0 Å². The smallest absolute Gasteiger partial charge is 0.261 e. The molecule has 4 amide bonds. The molecule has 2 aromatic rings. The maximum Gasteiger partial charge on any atom is 0.261 e. The Balaban J connectivity index is 1.34. The molecular formula is C21H21N3O5. The van der Waals surface area contributed by atoms with Crippen molar-refractivity contribution in [1.82, 2.24) is 15.5 Å². The molecule has 1 aliphatic heterocycles. The number of aromatic hydroxyl groups is 1. The predicted octanol–water partition coefficient (Wildman–Crippen LogP) is 1.31. The summed E-state index contributed by atoms with van der Waals surface area (Å²) in [6.45, 7) is 0.656. The van der Waals surface area contributed by atoms with Crippen molar-refractivity contribution in [1.29, 1.82) is 0 Å². The van der Waals surface area contributed by atoms with Crippen molar-refractivity contribution in [2.24, 2.45) is 0 Å². The second kappa shape index (κ2) is 9.01. The minimum absolute atomic E-state index is 0.00372. The van der Waals surface area contributed by atoms with E-state index in [1.807, 2.05) is 0 Å². The lowest BCUT2D eigenvalue weighted by Crippen LogP contribution is -2.35. The highest BCUT2D eigenvalue weighted by molar-refractivity contribution is 6.21. The Bertz CT molecular complexity index is 922. The number of rotatable bonds is 8. The van der Waals surface area contributed by atoms with E-state index < -0.39 is 0 Å². The van der Waals surface area contributed by atoms with Crippen molar-refractivity contribution in [2.75, 3.05) is 19.6 Å².